The van der Waals surface area contributed by atoms with Crippen molar-refractivity contribution in [2.45, 2.75) is 6.04 Å². The molecule has 5 nitrogen and oxygen atoms in total. The predicted octanol–water partition coefficient (Wildman–Crippen LogP) is 3.63. The molecule has 7 heteroatoms. The fraction of sp³-hybridized carbons (Fsp3) is 0.0625. The Morgan fingerprint density at radius 1 is 1.26 bits per heavy atom. The number of nitrogens with zero attached hydrogens (tertiary/aromatic N) is 4. The summed E-state index contributed by atoms with van der Waals surface area (Å²) in [6.45, 7) is 0. The van der Waals surface area contributed by atoms with Crippen molar-refractivity contribution >= 4 is 27.6 Å². The van der Waals surface area contributed by atoms with Crippen molar-refractivity contribution in [3.05, 3.63) is 76.5 Å². The van der Waals surface area contributed by atoms with Crippen LogP contribution in [0.3, 0.4) is 0 Å². The van der Waals surface area contributed by atoms with Crippen LogP contribution in [0, 0.1) is 5.82 Å². The summed E-state index contributed by atoms with van der Waals surface area (Å²) in [5.74, 6) is 0.277. The summed E-state index contributed by atoms with van der Waals surface area (Å²) in [6.07, 6.45) is 6.83. The van der Waals surface area contributed by atoms with Crippen molar-refractivity contribution in [2.75, 3.05) is 5.32 Å². The first-order chi connectivity index (χ1) is 11.2. The molecular formula is C16H11BrFN5. The van der Waals surface area contributed by atoms with E-state index in [-0.39, 0.29) is 11.9 Å². The van der Waals surface area contributed by atoms with Gasteiger partial charge in [-0.05, 0) is 36.4 Å². The quantitative estimate of drug-likeness (QED) is 0.747. The zero-order valence-corrected chi connectivity index (χ0v) is 13.4. The first kappa shape index (κ1) is 14.1. The maximum absolute atomic E-state index is 14.3. The zero-order chi connectivity index (χ0) is 15.8. The molecule has 1 aliphatic rings. The molecule has 1 atom stereocenters. The average Bonchev–Trinajstić information content (AvgIpc) is 3.05. The van der Waals surface area contributed by atoms with E-state index in [1.807, 2.05) is 18.2 Å². The fourth-order valence-corrected chi connectivity index (χ4v) is 2.97. The molecule has 0 bridgehead atoms. The number of hydrogen-bond donors (Lipinski definition) is 1. The SMILES string of the molecule is Fc1ccc(Br)cc1[C@@H]1C=C(c2cccnc2)Nc2ncnn21. The van der Waals surface area contributed by atoms with Crippen LogP contribution in [0.2, 0.25) is 0 Å². The Labute approximate surface area is 140 Å². The van der Waals surface area contributed by atoms with Crippen LogP contribution in [0.1, 0.15) is 17.2 Å². The highest BCUT2D eigenvalue weighted by molar-refractivity contribution is 9.10. The Morgan fingerprint density at radius 2 is 2.17 bits per heavy atom. The number of pyridine rings is 1. The maximum Gasteiger partial charge on any atom is 0.226 e. The van der Waals surface area contributed by atoms with Crippen molar-refractivity contribution in [3.63, 3.8) is 0 Å². The maximum atomic E-state index is 14.3. The van der Waals surface area contributed by atoms with Gasteiger partial charge in [-0.1, -0.05) is 15.9 Å². The second kappa shape index (κ2) is 5.58. The van der Waals surface area contributed by atoms with E-state index in [0.29, 0.717) is 11.5 Å². The Balaban J connectivity index is 1.87. The van der Waals surface area contributed by atoms with Crippen LogP contribution >= 0.6 is 15.9 Å². The smallest absolute Gasteiger partial charge is 0.226 e. The van der Waals surface area contributed by atoms with E-state index in [0.717, 1.165) is 15.7 Å². The summed E-state index contributed by atoms with van der Waals surface area (Å²) in [7, 11) is 0. The lowest BCUT2D eigenvalue weighted by Crippen LogP contribution is -2.21. The topological polar surface area (TPSA) is 55.6 Å². The summed E-state index contributed by atoms with van der Waals surface area (Å²) in [5.41, 5.74) is 2.25. The van der Waals surface area contributed by atoms with Gasteiger partial charge in [0.2, 0.25) is 5.95 Å². The van der Waals surface area contributed by atoms with E-state index in [1.54, 1.807) is 29.2 Å². The standard InChI is InChI=1S/C16H11BrFN5/c17-11-3-4-13(18)12(6-11)15-7-14(10-2-1-5-19-8-10)22-16-20-9-21-23(15)16/h1-9,15H,(H,20,21,22)/t15-/m0/s1. The molecule has 0 aliphatic carbocycles. The molecule has 0 unspecified atom stereocenters. The van der Waals surface area contributed by atoms with Gasteiger partial charge in [-0.25, -0.2) is 9.07 Å². The molecule has 0 saturated carbocycles. The Hall–Kier alpha value is -2.54. The molecule has 0 saturated heterocycles. The second-order valence-corrected chi connectivity index (χ2v) is 6.00. The van der Waals surface area contributed by atoms with Crippen LogP contribution in [0.4, 0.5) is 10.3 Å². The predicted molar refractivity (Wildman–Crippen MR) is 88.1 cm³/mol. The lowest BCUT2D eigenvalue weighted by atomic mass is 10.0. The van der Waals surface area contributed by atoms with Gasteiger partial charge in [0.1, 0.15) is 18.2 Å². The summed E-state index contributed by atoms with van der Waals surface area (Å²) in [4.78, 5) is 8.33. The third kappa shape index (κ3) is 2.53. The summed E-state index contributed by atoms with van der Waals surface area (Å²) in [6, 6.07) is 8.27. The van der Waals surface area contributed by atoms with Gasteiger partial charge < -0.3 is 5.32 Å². The molecule has 4 rings (SSSR count). The molecule has 0 amide bonds. The van der Waals surface area contributed by atoms with Crippen LogP contribution in [-0.2, 0) is 0 Å². The number of hydrogen-bond acceptors (Lipinski definition) is 4. The van der Waals surface area contributed by atoms with Crippen LogP contribution in [-0.4, -0.2) is 19.7 Å². The van der Waals surface area contributed by atoms with Gasteiger partial charge in [0, 0.05) is 33.7 Å². The highest BCUT2D eigenvalue weighted by atomic mass is 79.9. The molecular weight excluding hydrogens is 361 g/mol. The van der Waals surface area contributed by atoms with Gasteiger partial charge in [-0.2, -0.15) is 10.1 Å². The van der Waals surface area contributed by atoms with E-state index in [1.165, 1.54) is 12.4 Å². The third-order valence-corrected chi connectivity index (χ3v) is 4.15. The molecule has 0 spiro atoms. The highest BCUT2D eigenvalue weighted by Gasteiger charge is 2.25. The average molecular weight is 372 g/mol. The van der Waals surface area contributed by atoms with Crippen molar-refractivity contribution in [3.8, 4) is 0 Å². The van der Waals surface area contributed by atoms with Gasteiger partial charge in [-0.3, -0.25) is 4.98 Å². The van der Waals surface area contributed by atoms with E-state index in [9.17, 15) is 4.39 Å². The monoisotopic (exact) mass is 371 g/mol. The highest BCUT2D eigenvalue weighted by Crippen LogP contribution is 2.33. The number of nitrogens with one attached hydrogen (secondary N) is 1. The molecule has 1 aliphatic heterocycles. The summed E-state index contributed by atoms with van der Waals surface area (Å²) < 4.78 is 16.8. The largest absolute Gasteiger partial charge is 0.324 e. The van der Waals surface area contributed by atoms with Gasteiger partial charge in [0.25, 0.3) is 0 Å². The van der Waals surface area contributed by atoms with Crippen molar-refractivity contribution in [2.24, 2.45) is 0 Å². The van der Waals surface area contributed by atoms with E-state index in [4.69, 9.17) is 0 Å². The van der Waals surface area contributed by atoms with Crippen molar-refractivity contribution in [1.82, 2.24) is 19.7 Å². The lowest BCUT2D eigenvalue weighted by molar-refractivity contribution is 0.551. The van der Waals surface area contributed by atoms with E-state index in [2.05, 4.69) is 36.3 Å². The molecule has 114 valence electrons. The van der Waals surface area contributed by atoms with Crippen LogP contribution in [0.5, 0.6) is 0 Å². The normalized spacial score (nSPS) is 16.4. The number of fused-ring (bicyclic) bond motifs is 1. The molecule has 2 aromatic heterocycles. The third-order valence-electron chi connectivity index (χ3n) is 3.66. The summed E-state index contributed by atoms with van der Waals surface area (Å²) >= 11 is 3.40. The number of halogens is 2. The number of anilines is 1. The van der Waals surface area contributed by atoms with Gasteiger partial charge >= 0.3 is 0 Å². The number of rotatable bonds is 2. The van der Waals surface area contributed by atoms with Gasteiger partial charge in [0.15, 0.2) is 0 Å². The van der Waals surface area contributed by atoms with Crippen molar-refractivity contribution in [1.29, 1.82) is 0 Å². The van der Waals surface area contributed by atoms with Crippen LogP contribution in [0.15, 0.2) is 59.6 Å². The number of benzene rings is 1. The van der Waals surface area contributed by atoms with Crippen LogP contribution in [0.25, 0.3) is 5.70 Å². The Morgan fingerprint density at radius 3 is 3.00 bits per heavy atom. The molecule has 0 radical (unpaired) electrons. The minimum Gasteiger partial charge on any atom is -0.324 e. The first-order valence-electron chi connectivity index (χ1n) is 6.96. The molecule has 3 aromatic rings. The molecule has 23 heavy (non-hydrogen) atoms. The molecule has 1 aromatic carbocycles. The van der Waals surface area contributed by atoms with E-state index >= 15 is 0 Å². The Bertz CT molecular complexity index is 890. The minimum absolute atomic E-state index is 0.289. The van der Waals surface area contributed by atoms with Crippen molar-refractivity contribution < 1.29 is 4.39 Å². The fourth-order valence-electron chi connectivity index (χ4n) is 2.59. The van der Waals surface area contributed by atoms with Crippen LogP contribution < -0.4 is 5.32 Å². The lowest BCUT2D eigenvalue weighted by Gasteiger charge is -2.24. The Kier molecular flexibility index (Phi) is 3.42. The minimum atomic E-state index is -0.388. The zero-order valence-electron chi connectivity index (χ0n) is 11.8. The van der Waals surface area contributed by atoms with Gasteiger partial charge in [-0.15, -0.1) is 0 Å². The second-order valence-electron chi connectivity index (χ2n) is 5.09. The molecule has 1 N–H and O–H groups in total. The van der Waals surface area contributed by atoms with Gasteiger partial charge in [0.05, 0.1) is 0 Å². The number of aromatic nitrogens is 4. The summed E-state index contributed by atoms with van der Waals surface area (Å²) in [5, 5.41) is 7.42. The first-order valence-corrected chi connectivity index (χ1v) is 7.75. The van der Waals surface area contributed by atoms with E-state index < -0.39 is 0 Å². The molecule has 0 fully saturated rings. The molecule has 3 heterocycles. The number of allylic oxidation sites excluding steroid dienone is 1.